The number of ether oxygens (including phenoxy) is 2. The summed E-state index contributed by atoms with van der Waals surface area (Å²) < 4.78 is 11.2. The van der Waals surface area contributed by atoms with Gasteiger partial charge in [0, 0.05) is 24.4 Å². The van der Waals surface area contributed by atoms with Crippen LogP contribution in [-0.4, -0.2) is 47.9 Å². The van der Waals surface area contributed by atoms with Crippen molar-refractivity contribution >= 4 is 33.5 Å². The number of rotatable bonds is 7. The summed E-state index contributed by atoms with van der Waals surface area (Å²) in [4.78, 5) is 5.73. The molecule has 5 rings (SSSR count). The number of likely N-dealkylation sites (tertiary alicyclic amines) is 1. The van der Waals surface area contributed by atoms with E-state index in [9.17, 15) is 0 Å². The molecule has 3 aromatic carbocycles. The Morgan fingerprint density at radius 1 is 0.971 bits per heavy atom. The fourth-order valence-electron chi connectivity index (χ4n) is 5.01. The van der Waals surface area contributed by atoms with E-state index < -0.39 is 0 Å². The molecular weight excluding hydrogens is 436 g/mol. The van der Waals surface area contributed by atoms with Gasteiger partial charge in [-0.3, -0.25) is 10.8 Å². The normalized spacial score (nSPS) is 14.9. The topological polar surface area (TPSA) is 85.2 Å². The van der Waals surface area contributed by atoms with Crippen LogP contribution in [0.25, 0.3) is 21.7 Å². The molecule has 0 amide bonds. The largest absolute Gasteiger partial charge is 0.493 e. The van der Waals surface area contributed by atoms with Crippen molar-refractivity contribution < 1.29 is 9.47 Å². The van der Waals surface area contributed by atoms with E-state index >= 15 is 0 Å². The lowest BCUT2D eigenvalue weighted by atomic mass is 9.88. The second-order valence-electron chi connectivity index (χ2n) is 9.31. The smallest absolute Gasteiger partial charge is 0.237 e. The summed E-state index contributed by atoms with van der Waals surface area (Å²) in [5, 5.41) is 19.0. The van der Waals surface area contributed by atoms with Gasteiger partial charge in [-0.2, -0.15) is 0 Å². The van der Waals surface area contributed by atoms with Crippen molar-refractivity contribution in [2.75, 3.05) is 26.2 Å². The standard InChI is InChI=1S/C29H32N4O2/c1-20(30)35-29(31)27-19-25-26(32-27)8-4-9-28(25)34-17-5-14-33-15-12-22(13-16-33)24-11-10-21-6-2-3-7-23(21)18-24/h2-4,6-11,18-19,22,30-32H,5,12-17H2,1H3. The maximum atomic E-state index is 8.01. The van der Waals surface area contributed by atoms with E-state index in [-0.39, 0.29) is 11.8 Å². The van der Waals surface area contributed by atoms with Crippen LogP contribution in [0.3, 0.4) is 0 Å². The maximum Gasteiger partial charge on any atom is 0.237 e. The Hall–Kier alpha value is -3.64. The summed E-state index contributed by atoms with van der Waals surface area (Å²) in [5.74, 6) is 1.38. The zero-order valence-electron chi connectivity index (χ0n) is 20.1. The molecule has 1 fully saturated rings. The minimum absolute atomic E-state index is 0.00794. The van der Waals surface area contributed by atoms with Gasteiger partial charge in [0.1, 0.15) is 11.4 Å². The molecule has 0 saturated carbocycles. The van der Waals surface area contributed by atoms with Crippen molar-refractivity contribution in [1.82, 2.24) is 9.88 Å². The van der Waals surface area contributed by atoms with Crippen molar-refractivity contribution in [3.05, 3.63) is 78.0 Å². The average molecular weight is 469 g/mol. The van der Waals surface area contributed by atoms with Gasteiger partial charge in [-0.05, 0) is 72.8 Å². The van der Waals surface area contributed by atoms with Crippen molar-refractivity contribution in [2.45, 2.75) is 32.1 Å². The van der Waals surface area contributed by atoms with Crippen LogP contribution in [0.5, 0.6) is 5.75 Å². The van der Waals surface area contributed by atoms with Crippen molar-refractivity contribution in [3.63, 3.8) is 0 Å². The van der Waals surface area contributed by atoms with E-state index in [1.165, 1.54) is 36.1 Å². The van der Waals surface area contributed by atoms with E-state index in [2.05, 4.69) is 52.3 Å². The predicted octanol–water partition coefficient (Wildman–Crippen LogP) is 6.31. The maximum absolute atomic E-state index is 8.01. The molecule has 0 radical (unpaired) electrons. The molecule has 35 heavy (non-hydrogen) atoms. The van der Waals surface area contributed by atoms with Gasteiger partial charge in [0.15, 0.2) is 5.90 Å². The van der Waals surface area contributed by atoms with Gasteiger partial charge in [-0.1, -0.05) is 48.5 Å². The molecule has 0 spiro atoms. The molecule has 1 aliphatic heterocycles. The van der Waals surface area contributed by atoms with Gasteiger partial charge in [0.05, 0.1) is 6.61 Å². The molecule has 6 heteroatoms. The number of hydrogen-bond donors (Lipinski definition) is 3. The van der Waals surface area contributed by atoms with E-state index in [0.29, 0.717) is 18.2 Å². The minimum Gasteiger partial charge on any atom is -0.493 e. The Kier molecular flexibility index (Phi) is 6.82. The fraction of sp³-hybridized carbons (Fsp3) is 0.310. The Labute approximate surface area is 205 Å². The highest BCUT2D eigenvalue weighted by Crippen LogP contribution is 2.30. The third kappa shape index (κ3) is 5.38. The number of aromatic nitrogens is 1. The molecule has 0 bridgehead atoms. The van der Waals surface area contributed by atoms with Gasteiger partial charge in [-0.25, -0.2) is 0 Å². The highest BCUT2D eigenvalue weighted by Gasteiger charge is 2.20. The summed E-state index contributed by atoms with van der Waals surface area (Å²) in [6.07, 6.45) is 3.38. The first-order chi connectivity index (χ1) is 17.1. The van der Waals surface area contributed by atoms with Gasteiger partial charge in [0.2, 0.25) is 5.90 Å². The number of aromatic amines is 1. The number of fused-ring (bicyclic) bond motifs is 2. The van der Waals surface area contributed by atoms with Crippen LogP contribution >= 0.6 is 0 Å². The number of hydrogen-bond acceptors (Lipinski definition) is 5. The Balaban J connectivity index is 1.11. The first kappa shape index (κ1) is 23.1. The van der Waals surface area contributed by atoms with Crippen molar-refractivity contribution in [1.29, 1.82) is 10.8 Å². The van der Waals surface area contributed by atoms with Gasteiger partial charge in [0.25, 0.3) is 0 Å². The summed E-state index contributed by atoms with van der Waals surface area (Å²) in [5.41, 5.74) is 2.90. The molecule has 0 unspecified atom stereocenters. The molecule has 180 valence electrons. The van der Waals surface area contributed by atoms with Crippen molar-refractivity contribution in [2.24, 2.45) is 0 Å². The van der Waals surface area contributed by atoms with E-state index in [1.54, 1.807) is 0 Å². The molecule has 3 N–H and O–H groups in total. The Morgan fingerprint density at radius 2 is 1.77 bits per heavy atom. The molecule has 4 aromatic rings. The van der Waals surface area contributed by atoms with Gasteiger partial charge >= 0.3 is 0 Å². The summed E-state index contributed by atoms with van der Waals surface area (Å²) in [6, 6.07) is 23.3. The Bertz CT molecular complexity index is 1350. The summed E-state index contributed by atoms with van der Waals surface area (Å²) in [7, 11) is 0. The number of H-pyrrole nitrogens is 1. The third-order valence-electron chi connectivity index (χ3n) is 6.83. The minimum atomic E-state index is -0.0632. The SMILES string of the molecule is CC(=N)OC(=N)c1cc2c(OCCCN3CCC(c4ccc5ccccc5c4)CC3)cccc2[nH]1. The van der Waals surface area contributed by atoms with Crippen LogP contribution in [0.2, 0.25) is 0 Å². The molecule has 6 nitrogen and oxygen atoms in total. The van der Waals surface area contributed by atoms with E-state index in [1.807, 2.05) is 24.3 Å². The van der Waals surface area contributed by atoms with Gasteiger partial charge < -0.3 is 19.4 Å². The first-order valence-electron chi connectivity index (χ1n) is 12.3. The van der Waals surface area contributed by atoms with Crippen LogP contribution in [0.4, 0.5) is 0 Å². The van der Waals surface area contributed by atoms with E-state index in [0.717, 1.165) is 42.7 Å². The van der Waals surface area contributed by atoms with Crippen LogP contribution in [-0.2, 0) is 4.74 Å². The van der Waals surface area contributed by atoms with Gasteiger partial charge in [-0.15, -0.1) is 0 Å². The molecule has 1 aromatic heterocycles. The zero-order chi connectivity index (χ0) is 24.2. The number of nitrogens with zero attached hydrogens (tertiary/aromatic N) is 1. The molecule has 2 heterocycles. The lowest BCUT2D eigenvalue weighted by Gasteiger charge is -2.32. The number of piperidine rings is 1. The zero-order valence-corrected chi connectivity index (χ0v) is 20.1. The number of nitrogens with one attached hydrogen (secondary N) is 3. The summed E-state index contributed by atoms with van der Waals surface area (Å²) >= 11 is 0. The number of benzene rings is 3. The third-order valence-corrected chi connectivity index (χ3v) is 6.83. The highest BCUT2D eigenvalue weighted by molar-refractivity contribution is 6.02. The molecule has 0 atom stereocenters. The molecular formula is C29H32N4O2. The van der Waals surface area contributed by atoms with Crippen LogP contribution in [0.1, 0.15) is 43.4 Å². The van der Waals surface area contributed by atoms with Crippen molar-refractivity contribution in [3.8, 4) is 5.75 Å². The lowest BCUT2D eigenvalue weighted by Crippen LogP contribution is -2.34. The average Bonchev–Trinajstić information content (AvgIpc) is 3.32. The molecule has 1 saturated heterocycles. The lowest BCUT2D eigenvalue weighted by molar-refractivity contribution is 0.193. The molecule has 0 aliphatic carbocycles. The Morgan fingerprint density at radius 3 is 2.57 bits per heavy atom. The second kappa shape index (κ2) is 10.3. The summed E-state index contributed by atoms with van der Waals surface area (Å²) in [6.45, 7) is 5.46. The first-order valence-corrected chi connectivity index (χ1v) is 12.3. The van der Waals surface area contributed by atoms with Crippen LogP contribution < -0.4 is 4.74 Å². The molecule has 1 aliphatic rings. The second-order valence-corrected chi connectivity index (χ2v) is 9.31. The van der Waals surface area contributed by atoms with Crippen LogP contribution in [0.15, 0.2) is 66.7 Å². The highest BCUT2D eigenvalue weighted by atomic mass is 16.5. The quantitative estimate of drug-likeness (QED) is 0.169. The monoisotopic (exact) mass is 468 g/mol. The van der Waals surface area contributed by atoms with E-state index in [4.69, 9.17) is 20.3 Å². The van der Waals surface area contributed by atoms with Crippen LogP contribution in [0, 0.1) is 10.8 Å². The predicted molar refractivity (Wildman–Crippen MR) is 142 cm³/mol. The fourth-order valence-corrected chi connectivity index (χ4v) is 5.01.